The van der Waals surface area contributed by atoms with Crippen molar-refractivity contribution < 1.29 is 4.74 Å². The van der Waals surface area contributed by atoms with Crippen LogP contribution < -0.4 is 10.6 Å². The zero-order valence-corrected chi connectivity index (χ0v) is 17.0. The first-order valence-corrected chi connectivity index (χ1v) is 10.3. The van der Waals surface area contributed by atoms with Crippen molar-refractivity contribution in [1.29, 1.82) is 0 Å². The normalized spacial score (nSPS) is 24.5. The van der Waals surface area contributed by atoms with E-state index in [0.29, 0.717) is 16.0 Å². The molecule has 27 heavy (non-hydrogen) atoms. The molecule has 0 aromatic carbocycles. The number of pyridine rings is 1. The fraction of sp³-hybridized carbons (Fsp3) is 0.556. The average molecular weight is 407 g/mol. The molecule has 2 saturated heterocycles. The summed E-state index contributed by atoms with van der Waals surface area (Å²) >= 11 is 7.74. The molecule has 2 aliphatic rings. The predicted molar refractivity (Wildman–Crippen MR) is 105 cm³/mol. The first-order chi connectivity index (χ1) is 13.0. The molecule has 2 aromatic rings. The molecule has 2 N–H and O–H groups in total. The van der Waals surface area contributed by atoms with Gasteiger partial charge in [-0.1, -0.05) is 23.4 Å². The maximum absolute atomic E-state index is 6.38. The van der Waals surface area contributed by atoms with Crippen molar-refractivity contribution in [2.75, 3.05) is 24.6 Å². The summed E-state index contributed by atoms with van der Waals surface area (Å²) in [6, 6.07) is 1.97. The minimum Gasteiger partial charge on any atom is -0.376 e. The second-order valence-electron chi connectivity index (χ2n) is 7.30. The second kappa shape index (κ2) is 7.50. The molecule has 4 rings (SSSR count). The second-order valence-corrected chi connectivity index (χ2v) is 8.74. The Balaban J connectivity index is 1.41. The van der Waals surface area contributed by atoms with Gasteiger partial charge in [0, 0.05) is 35.6 Å². The summed E-state index contributed by atoms with van der Waals surface area (Å²) in [6.45, 7) is 6.43. The van der Waals surface area contributed by atoms with Gasteiger partial charge < -0.3 is 15.4 Å². The number of ether oxygens (including phenoxy) is 1. The van der Waals surface area contributed by atoms with E-state index in [1.54, 1.807) is 12.4 Å². The fourth-order valence-electron chi connectivity index (χ4n) is 3.79. The minimum absolute atomic E-state index is 0.0924. The number of halogens is 1. The summed E-state index contributed by atoms with van der Waals surface area (Å²) in [5.41, 5.74) is 7.27. The number of anilines is 1. The lowest BCUT2D eigenvalue weighted by molar-refractivity contribution is 0.0973. The molecule has 1 spiro atoms. The molecule has 4 heterocycles. The molecule has 0 amide bonds. The Hall–Kier alpha value is -1.48. The molecular weight excluding hydrogens is 384 g/mol. The lowest BCUT2D eigenvalue weighted by Gasteiger charge is -2.41. The number of rotatable bonds is 3. The van der Waals surface area contributed by atoms with Gasteiger partial charge in [-0.3, -0.25) is 4.98 Å². The predicted octanol–water partition coefficient (Wildman–Crippen LogP) is 2.71. The van der Waals surface area contributed by atoms with Gasteiger partial charge >= 0.3 is 0 Å². The van der Waals surface area contributed by atoms with Gasteiger partial charge in [0.25, 0.3) is 0 Å². The lowest BCUT2D eigenvalue weighted by Crippen LogP contribution is -2.51. The number of hydrogen-bond donors (Lipinski definition) is 1. The van der Waals surface area contributed by atoms with E-state index in [1.165, 1.54) is 11.8 Å². The molecule has 0 radical (unpaired) electrons. The number of nitrogens with zero attached hydrogens (tertiary/aromatic N) is 5. The van der Waals surface area contributed by atoms with Crippen LogP contribution in [0.2, 0.25) is 5.02 Å². The van der Waals surface area contributed by atoms with E-state index in [-0.39, 0.29) is 17.6 Å². The summed E-state index contributed by atoms with van der Waals surface area (Å²) in [7, 11) is 0. The molecule has 2 fully saturated rings. The molecule has 2 aliphatic heterocycles. The van der Waals surface area contributed by atoms with Crippen molar-refractivity contribution in [2.45, 2.75) is 48.8 Å². The van der Waals surface area contributed by atoms with Crippen LogP contribution in [0.4, 0.5) is 5.95 Å². The van der Waals surface area contributed by atoms with E-state index < -0.39 is 0 Å². The first kappa shape index (κ1) is 18.9. The van der Waals surface area contributed by atoms with Gasteiger partial charge in [-0.05, 0) is 32.8 Å². The number of aromatic nitrogens is 4. The van der Waals surface area contributed by atoms with Crippen molar-refractivity contribution in [3.63, 3.8) is 0 Å². The van der Waals surface area contributed by atoms with Gasteiger partial charge in [0.05, 0.1) is 29.6 Å². The summed E-state index contributed by atoms with van der Waals surface area (Å²) in [5.74, 6) is 0.659. The Morgan fingerprint density at radius 1 is 1.30 bits per heavy atom. The smallest absolute Gasteiger partial charge is 0.245 e. The highest BCUT2D eigenvalue weighted by atomic mass is 35.5. The van der Waals surface area contributed by atoms with Gasteiger partial charge in [-0.25, -0.2) is 4.98 Å². The number of aryl methyl sites for hydroxylation is 1. The third kappa shape index (κ3) is 3.63. The van der Waals surface area contributed by atoms with E-state index in [1.807, 2.05) is 13.0 Å². The topological polar surface area (TPSA) is 90.0 Å². The summed E-state index contributed by atoms with van der Waals surface area (Å²) in [5, 5.41) is 9.98. The zero-order valence-electron chi connectivity index (χ0n) is 15.4. The van der Waals surface area contributed by atoms with Gasteiger partial charge in [-0.15, -0.1) is 10.2 Å². The lowest BCUT2D eigenvalue weighted by atomic mass is 9.73. The van der Waals surface area contributed by atoms with Crippen molar-refractivity contribution >= 4 is 29.3 Å². The Kier molecular flexibility index (Phi) is 5.24. The standard InChI is InChI=1S/C18H23ClN6OS/c1-11-15(19)13(3-6-21-11)27-14-9-22-17(24-23-14)25-7-4-18(5-8-25)10-26-12(2)16(18)20/h3,6,9,12,16H,4-5,7-8,10,20H2,1-2H3/t12-,16+/m0/s1. The highest BCUT2D eigenvalue weighted by Gasteiger charge is 2.47. The fourth-order valence-corrected chi connectivity index (χ4v) is 4.80. The third-order valence-corrected chi connectivity index (χ3v) is 7.21. The van der Waals surface area contributed by atoms with E-state index >= 15 is 0 Å². The zero-order chi connectivity index (χ0) is 19.0. The maximum atomic E-state index is 6.38. The summed E-state index contributed by atoms with van der Waals surface area (Å²) in [6.07, 6.45) is 5.60. The molecule has 0 bridgehead atoms. The number of piperidine rings is 1. The number of hydrogen-bond acceptors (Lipinski definition) is 8. The molecule has 2 atom stereocenters. The largest absolute Gasteiger partial charge is 0.376 e. The SMILES string of the molecule is Cc1nccc(Sc2cnc(N3CCC4(CC3)CO[C@@H](C)[C@H]4N)nn2)c1Cl. The van der Waals surface area contributed by atoms with Crippen molar-refractivity contribution in [3.8, 4) is 0 Å². The Morgan fingerprint density at radius 2 is 2.07 bits per heavy atom. The van der Waals surface area contributed by atoms with Crippen molar-refractivity contribution in [3.05, 3.63) is 29.2 Å². The van der Waals surface area contributed by atoms with Gasteiger partial charge in [0.2, 0.25) is 5.95 Å². The van der Waals surface area contributed by atoms with E-state index in [9.17, 15) is 0 Å². The van der Waals surface area contributed by atoms with Gasteiger partial charge in [0.1, 0.15) is 5.03 Å². The maximum Gasteiger partial charge on any atom is 0.245 e. The van der Waals surface area contributed by atoms with Crippen LogP contribution in [-0.2, 0) is 4.74 Å². The number of nitrogens with two attached hydrogens (primary N) is 1. The van der Waals surface area contributed by atoms with E-state index in [2.05, 4.69) is 32.0 Å². The van der Waals surface area contributed by atoms with E-state index in [4.69, 9.17) is 22.1 Å². The molecule has 9 heteroatoms. The molecule has 7 nitrogen and oxygen atoms in total. The molecule has 2 aromatic heterocycles. The summed E-state index contributed by atoms with van der Waals surface area (Å²) < 4.78 is 5.78. The highest BCUT2D eigenvalue weighted by Crippen LogP contribution is 2.41. The minimum atomic E-state index is 0.0924. The van der Waals surface area contributed by atoms with Crippen LogP contribution in [0.15, 0.2) is 28.4 Å². The van der Waals surface area contributed by atoms with Crippen LogP contribution >= 0.6 is 23.4 Å². The van der Waals surface area contributed by atoms with Crippen molar-refractivity contribution in [1.82, 2.24) is 20.2 Å². The van der Waals surface area contributed by atoms with Crippen LogP contribution in [0, 0.1) is 12.3 Å². The van der Waals surface area contributed by atoms with Crippen molar-refractivity contribution in [2.24, 2.45) is 11.1 Å². The van der Waals surface area contributed by atoms with Gasteiger partial charge in [-0.2, -0.15) is 0 Å². The molecular formula is C18H23ClN6OS. The third-order valence-electron chi connectivity index (χ3n) is 5.66. The molecule has 0 saturated carbocycles. The first-order valence-electron chi connectivity index (χ1n) is 9.09. The van der Waals surface area contributed by atoms with Crippen LogP contribution in [0.25, 0.3) is 0 Å². The van der Waals surface area contributed by atoms with Crippen LogP contribution in [0.1, 0.15) is 25.5 Å². The monoisotopic (exact) mass is 406 g/mol. The quantitative estimate of drug-likeness (QED) is 0.832. The summed E-state index contributed by atoms with van der Waals surface area (Å²) in [4.78, 5) is 11.8. The Bertz CT molecular complexity index is 812. The highest BCUT2D eigenvalue weighted by molar-refractivity contribution is 7.99. The molecule has 0 aliphatic carbocycles. The average Bonchev–Trinajstić information content (AvgIpc) is 2.95. The van der Waals surface area contributed by atoms with Gasteiger partial charge in [0.15, 0.2) is 0 Å². The molecule has 0 unspecified atom stereocenters. The van der Waals surface area contributed by atoms with Crippen LogP contribution in [-0.4, -0.2) is 52.0 Å². The van der Waals surface area contributed by atoms with Crippen LogP contribution in [0.3, 0.4) is 0 Å². The van der Waals surface area contributed by atoms with Crippen LogP contribution in [0.5, 0.6) is 0 Å². The Labute approximate surface area is 168 Å². The molecule has 144 valence electrons. The Morgan fingerprint density at radius 3 is 2.70 bits per heavy atom. The van der Waals surface area contributed by atoms with E-state index in [0.717, 1.165) is 43.1 Å².